The lowest BCUT2D eigenvalue weighted by Gasteiger charge is -2.26. The number of aromatic nitrogens is 1. The summed E-state index contributed by atoms with van der Waals surface area (Å²) >= 11 is 5.97. The Morgan fingerprint density at radius 1 is 1.39 bits per heavy atom. The average Bonchev–Trinajstić information content (AvgIpc) is 3.12. The summed E-state index contributed by atoms with van der Waals surface area (Å²) in [7, 11) is 0. The Morgan fingerprint density at radius 2 is 2.18 bits per heavy atom. The minimum atomic E-state index is -0.475. The average molecular weight is 403 g/mol. The summed E-state index contributed by atoms with van der Waals surface area (Å²) in [4.78, 5) is 4.34. The summed E-state index contributed by atoms with van der Waals surface area (Å²) in [6.07, 6.45) is 9.45. The first-order chi connectivity index (χ1) is 13.6. The van der Waals surface area contributed by atoms with Gasteiger partial charge in [0, 0.05) is 11.5 Å². The van der Waals surface area contributed by atoms with Crippen molar-refractivity contribution >= 4 is 23.7 Å². The number of hydrogen-bond acceptors (Lipinski definition) is 5. The highest BCUT2D eigenvalue weighted by atomic mass is 35.5. The predicted octanol–water partition coefficient (Wildman–Crippen LogP) is 6.25. The van der Waals surface area contributed by atoms with E-state index in [0.29, 0.717) is 5.89 Å². The SMILES string of the molecule is CCCCC1CCC(c2nc(C#N)c(N/N=C/c3c(F)cccc3Cl)o2)CC1. The Bertz CT molecular complexity index is 846. The summed E-state index contributed by atoms with van der Waals surface area (Å²) < 4.78 is 19.6. The molecule has 0 atom stereocenters. The van der Waals surface area contributed by atoms with Gasteiger partial charge in [0.05, 0.1) is 11.2 Å². The van der Waals surface area contributed by atoms with Gasteiger partial charge in [0.2, 0.25) is 11.6 Å². The number of benzene rings is 1. The minimum absolute atomic E-state index is 0.153. The molecule has 148 valence electrons. The molecule has 0 aliphatic heterocycles. The maximum absolute atomic E-state index is 13.8. The van der Waals surface area contributed by atoms with Crippen LogP contribution in [0.5, 0.6) is 0 Å². The Morgan fingerprint density at radius 3 is 2.86 bits per heavy atom. The minimum Gasteiger partial charge on any atom is -0.422 e. The topological polar surface area (TPSA) is 74.2 Å². The van der Waals surface area contributed by atoms with E-state index >= 15 is 0 Å². The van der Waals surface area contributed by atoms with Crippen molar-refractivity contribution in [3.63, 3.8) is 0 Å². The van der Waals surface area contributed by atoms with Crippen LogP contribution in [0.4, 0.5) is 10.3 Å². The largest absolute Gasteiger partial charge is 0.422 e. The molecule has 1 aliphatic carbocycles. The van der Waals surface area contributed by atoms with Crippen LogP contribution in [0.2, 0.25) is 5.02 Å². The van der Waals surface area contributed by atoms with Crippen molar-refractivity contribution in [3.05, 3.63) is 46.2 Å². The van der Waals surface area contributed by atoms with E-state index in [9.17, 15) is 9.65 Å². The normalized spacial score (nSPS) is 19.6. The second-order valence-electron chi connectivity index (χ2n) is 7.21. The predicted molar refractivity (Wildman–Crippen MR) is 108 cm³/mol. The first-order valence-corrected chi connectivity index (χ1v) is 10.1. The van der Waals surface area contributed by atoms with Crippen LogP contribution in [0.15, 0.2) is 27.7 Å². The van der Waals surface area contributed by atoms with Gasteiger partial charge < -0.3 is 4.42 Å². The van der Waals surface area contributed by atoms with Gasteiger partial charge in [-0.05, 0) is 43.7 Å². The highest BCUT2D eigenvalue weighted by Gasteiger charge is 2.27. The fraction of sp³-hybridized carbons (Fsp3) is 0.476. The lowest BCUT2D eigenvalue weighted by atomic mass is 9.80. The number of rotatable bonds is 7. The Kier molecular flexibility index (Phi) is 7.05. The van der Waals surface area contributed by atoms with Crippen LogP contribution >= 0.6 is 11.6 Å². The lowest BCUT2D eigenvalue weighted by Crippen LogP contribution is -2.13. The van der Waals surface area contributed by atoms with E-state index in [1.165, 1.54) is 50.5 Å². The van der Waals surface area contributed by atoms with E-state index in [-0.39, 0.29) is 28.1 Å². The molecule has 1 aromatic heterocycles. The van der Waals surface area contributed by atoms with Gasteiger partial charge >= 0.3 is 0 Å². The molecule has 0 saturated heterocycles. The smallest absolute Gasteiger partial charge is 0.252 e. The van der Waals surface area contributed by atoms with Crippen LogP contribution in [0.25, 0.3) is 0 Å². The van der Waals surface area contributed by atoms with Crippen LogP contribution in [0.1, 0.15) is 74.9 Å². The molecule has 5 nitrogen and oxygen atoms in total. The zero-order valence-corrected chi connectivity index (χ0v) is 16.7. The van der Waals surface area contributed by atoms with Crippen molar-refractivity contribution < 1.29 is 8.81 Å². The standard InChI is InChI=1S/C21H24ClFN4O/c1-2-3-5-14-8-10-15(11-9-14)20-26-19(12-24)21(28-20)27-25-13-16-17(22)6-4-7-18(16)23/h4,6-7,13-15,27H,2-3,5,8-11H2,1H3/b25-13+. The van der Waals surface area contributed by atoms with Gasteiger partial charge in [0.15, 0.2) is 0 Å². The molecule has 7 heteroatoms. The highest BCUT2D eigenvalue weighted by Crippen LogP contribution is 2.38. The summed E-state index contributed by atoms with van der Waals surface area (Å²) in [6.45, 7) is 2.22. The van der Waals surface area contributed by atoms with Crippen molar-refractivity contribution in [2.75, 3.05) is 5.43 Å². The Labute approximate surface area is 169 Å². The molecule has 1 heterocycles. The number of nitriles is 1. The van der Waals surface area contributed by atoms with Crippen molar-refractivity contribution in [1.82, 2.24) is 4.98 Å². The number of nitrogens with zero attached hydrogens (tertiary/aromatic N) is 3. The first kappa shape index (κ1) is 20.3. The number of oxazole rings is 1. The van der Waals surface area contributed by atoms with Crippen LogP contribution in [-0.4, -0.2) is 11.2 Å². The van der Waals surface area contributed by atoms with Crippen LogP contribution in [0.3, 0.4) is 0 Å². The molecule has 3 rings (SSSR count). The van der Waals surface area contributed by atoms with E-state index < -0.39 is 5.82 Å². The van der Waals surface area contributed by atoms with Crippen LogP contribution in [0, 0.1) is 23.1 Å². The quantitative estimate of drug-likeness (QED) is 0.438. The number of hydrazone groups is 1. The summed E-state index contributed by atoms with van der Waals surface area (Å²) in [6, 6.07) is 6.43. The van der Waals surface area contributed by atoms with Gasteiger partial charge in [-0.2, -0.15) is 10.4 Å². The van der Waals surface area contributed by atoms with Crippen molar-refractivity contribution in [2.24, 2.45) is 11.0 Å². The van der Waals surface area contributed by atoms with Crippen LogP contribution in [-0.2, 0) is 0 Å². The van der Waals surface area contributed by atoms with Crippen molar-refractivity contribution in [2.45, 2.75) is 57.8 Å². The number of anilines is 1. The fourth-order valence-corrected chi connectivity index (χ4v) is 3.86. The third kappa shape index (κ3) is 4.90. The molecule has 1 fully saturated rings. The van der Waals surface area contributed by atoms with Gasteiger partial charge in [-0.3, -0.25) is 0 Å². The maximum Gasteiger partial charge on any atom is 0.252 e. The zero-order valence-electron chi connectivity index (χ0n) is 15.9. The van der Waals surface area contributed by atoms with E-state index in [1.54, 1.807) is 6.07 Å². The van der Waals surface area contributed by atoms with Gasteiger partial charge in [-0.15, -0.1) is 0 Å². The third-order valence-electron chi connectivity index (χ3n) is 5.27. The maximum atomic E-state index is 13.8. The molecule has 0 spiro atoms. The summed E-state index contributed by atoms with van der Waals surface area (Å²) in [5, 5.41) is 13.5. The molecule has 1 aromatic carbocycles. The number of unbranched alkanes of at least 4 members (excludes halogenated alkanes) is 1. The molecule has 0 bridgehead atoms. The van der Waals surface area contributed by atoms with E-state index in [4.69, 9.17) is 16.0 Å². The molecule has 1 saturated carbocycles. The molecule has 1 N–H and O–H groups in total. The van der Waals surface area contributed by atoms with Crippen molar-refractivity contribution in [3.8, 4) is 6.07 Å². The molecule has 1 aliphatic rings. The van der Waals surface area contributed by atoms with Gasteiger partial charge in [0.1, 0.15) is 11.9 Å². The van der Waals surface area contributed by atoms with Crippen LogP contribution < -0.4 is 5.43 Å². The third-order valence-corrected chi connectivity index (χ3v) is 5.60. The zero-order chi connectivity index (χ0) is 19.9. The van der Waals surface area contributed by atoms with E-state index in [2.05, 4.69) is 22.4 Å². The highest BCUT2D eigenvalue weighted by molar-refractivity contribution is 6.33. The molecular weight excluding hydrogens is 379 g/mol. The summed E-state index contributed by atoms with van der Waals surface area (Å²) in [5.74, 6) is 1.29. The lowest BCUT2D eigenvalue weighted by molar-refractivity contribution is 0.278. The summed E-state index contributed by atoms with van der Waals surface area (Å²) in [5.41, 5.74) is 2.98. The number of hydrogen-bond donors (Lipinski definition) is 1. The monoisotopic (exact) mass is 402 g/mol. The Hall–Kier alpha value is -2.39. The second kappa shape index (κ2) is 9.70. The van der Waals surface area contributed by atoms with Gasteiger partial charge in [-0.25, -0.2) is 14.8 Å². The Balaban J connectivity index is 1.65. The molecular formula is C21H24ClFN4O. The molecule has 0 radical (unpaired) electrons. The number of halogens is 2. The van der Waals surface area contributed by atoms with Gasteiger partial charge in [-0.1, -0.05) is 43.9 Å². The molecule has 0 amide bonds. The van der Waals surface area contributed by atoms with Gasteiger partial charge in [0.25, 0.3) is 5.88 Å². The fourth-order valence-electron chi connectivity index (χ4n) is 3.64. The molecule has 28 heavy (non-hydrogen) atoms. The first-order valence-electron chi connectivity index (χ1n) is 9.76. The molecule has 0 unspecified atom stereocenters. The molecule has 2 aromatic rings. The van der Waals surface area contributed by atoms with E-state index in [1.807, 2.05) is 6.07 Å². The second-order valence-corrected chi connectivity index (χ2v) is 7.61. The van der Waals surface area contributed by atoms with Crippen molar-refractivity contribution in [1.29, 1.82) is 5.26 Å². The van der Waals surface area contributed by atoms with E-state index in [0.717, 1.165) is 18.8 Å². The number of nitrogens with one attached hydrogen (secondary N) is 1.